The number of hydrogen-bond donors (Lipinski definition) is 1. The molecule has 0 spiro atoms. The molecule has 0 aliphatic heterocycles. The van der Waals surface area contributed by atoms with Gasteiger partial charge in [-0.3, -0.25) is 14.2 Å². The normalized spacial score (nSPS) is 15.6. The molecule has 0 fully saturated rings. The summed E-state index contributed by atoms with van der Waals surface area (Å²) in [7, 11) is 1.08. The Hall–Kier alpha value is -2.07. The van der Waals surface area contributed by atoms with E-state index in [9.17, 15) is 24.2 Å². The van der Waals surface area contributed by atoms with Crippen molar-refractivity contribution >= 4 is 19.8 Å². The molecule has 0 aromatic carbocycles. The Kier molecular flexibility index (Phi) is 22.3. The smallest absolute Gasteiger partial charge is 0.306 e. The summed E-state index contributed by atoms with van der Waals surface area (Å²) < 4.78 is 32.4. The summed E-state index contributed by atoms with van der Waals surface area (Å²) in [4.78, 5) is 35.4. The molecule has 41 heavy (non-hydrogen) atoms. The summed E-state index contributed by atoms with van der Waals surface area (Å²) in [6.45, 7) is 2.91. The zero-order chi connectivity index (χ0) is 31.0. The van der Waals surface area contributed by atoms with Gasteiger partial charge in [-0.25, -0.2) is 0 Å². The molecule has 3 atom stereocenters. The van der Waals surface area contributed by atoms with Gasteiger partial charge in [0.2, 0.25) is 0 Å². The fourth-order valence-electron chi connectivity index (χ4n) is 3.19. The van der Waals surface area contributed by atoms with E-state index in [-0.39, 0.29) is 25.7 Å². The number of likely N-dealkylation sites (N-methyl/N-ethyl adjacent to an activating group) is 1. The lowest BCUT2D eigenvalue weighted by atomic mass is 10.1. The number of quaternary nitrogens is 1. The van der Waals surface area contributed by atoms with Crippen LogP contribution < -0.4 is 4.89 Å². The molecule has 10 nitrogen and oxygen atoms in total. The molecule has 1 unspecified atom stereocenters. The summed E-state index contributed by atoms with van der Waals surface area (Å²) in [5.74, 6) is -1.13. The first-order valence-corrected chi connectivity index (χ1v) is 15.9. The van der Waals surface area contributed by atoms with E-state index in [0.29, 0.717) is 23.9 Å². The predicted molar refractivity (Wildman–Crippen MR) is 159 cm³/mol. The first kappa shape index (κ1) is 38.9. The summed E-state index contributed by atoms with van der Waals surface area (Å²) in [6.07, 6.45) is 21.4. The number of allylic oxidation sites excluding steroid dienone is 7. The van der Waals surface area contributed by atoms with Gasteiger partial charge in [0.25, 0.3) is 7.82 Å². The molecule has 1 N–H and O–H groups in total. The average molecular weight is 602 g/mol. The summed E-state index contributed by atoms with van der Waals surface area (Å²) in [6, 6.07) is 0. The van der Waals surface area contributed by atoms with Crippen LogP contribution in [-0.4, -0.2) is 81.2 Å². The first-order valence-electron chi connectivity index (χ1n) is 14.4. The molecule has 0 rings (SSSR count). The van der Waals surface area contributed by atoms with Crippen LogP contribution in [0.1, 0.15) is 71.6 Å². The lowest BCUT2D eigenvalue weighted by Crippen LogP contribution is -2.37. The van der Waals surface area contributed by atoms with Crippen LogP contribution >= 0.6 is 7.82 Å². The number of carbonyl (C=O) groups excluding carboxylic acids is 2. The number of ether oxygens (including phenoxy) is 2. The van der Waals surface area contributed by atoms with Crippen LogP contribution in [0.2, 0.25) is 0 Å². The molecule has 0 saturated carbocycles. The van der Waals surface area contributed by atoms with Crippen molar-refractivity contribution in [3.63, 3.8) is 0 Å². The van der Waals surface area contributed by atoms with E-state index < -0.39 is 32.5 Å². The lowest BCUT2D eigenvalue weighted by molar-refractivity contribution is -0.870. The largest absolute Gasteiger partial charge is 0.756 e. The number of aliphatic hydroxyl groups is 1. The van der Waals surface area contributed by atoms with E-state index in [1.165, 1.54) is 6.92 Å². The third-order valence-electron chi connectivity index (χ3n) is 5.51. The van der Waals surface area contributed by atoms with Crippen molar-refractivity contribution in [3.8, 4) is 0 Å². The predicted octanol–water partition coefficient (Wildman–Crippen LogP) is 4.79. The highest BCUT2D eigenvalue weighted by Gasteiger charge is 2.21. The second-order valence-electron chi connectivity index (χ2n) is 10.7. The molecule has 0 heterocycles. The van der Waals surface area contributed by atoms with E-state index in [2.05, 4.69) is 19.1 Å². The van der Waals surface area contributed by atoms with Gasteiger partial charge in [0.1, 0.15) is 19.8 Å². The average Bonchev–Trinajstić information content (AvgIpc) is 2.87. The Morgan fingerprint density at radius 2 is 1.63 bits per heavy atom. The van der Waals surface area contributed by atoms with E-state index in [0.717, 1.165) is 38.5 Å². The number of phosphoric ester groups is 1. The van der Waals surface area contributed by atoms with Gasteiger partial charge < -0.3 is 33.0 Å². The van der Waals surface area contributed by atoms with E-state index >= 15 is 0 Å². The van der Waals surface area contributed by atoms with Crippen molar-refractivity contribution in [2.75, 3.05) is 47.5 Å². The van der Waals surface area contributed by atoms with Gasteiger partial charge >= 0.3 is 11.9 Å². The molecule has 0 aromatic rings. The highest BCUT2D eigenvalue weighted by molar-refractivity contribution is 7.45. The Morgan fingerprint density at radius 1 is 0.951 bits per heavy atom. The number of nitrogens with zero attached hydrogens (tertiary/aromatic N) is 1. The maximum absolute atomic E-state index is 12.2. The highest BCUT2D eigenvalue weighted by Crippen LogP contribution is 2.38. The van der Waals surface area contributed by atoms with E-state index in [1.54, 1.807) is 0 Å². The molecular weight excluding hydrogens is 549 g/mol. The molecule has 0 saturated heterocycles. The number of hydrogen-bond acceptors (Lipinski definition) is 9. The van der Waals surface area contributed by atoms with Crippen LogP contribution in [0.4, 0.5) is 0 Å². The van der Waals surface area contributed by atoms with Gasteiger partial charge in [-0.1, -0.05) is 74.8 Å². The van der Waals surface area contributed by atoms with Crippen LogP contribution in [0.5, 0.6) is 0 Å². The molecular formula is C30H52NO9P. The maximum Gasteiger partial charge on any atom is 0.306 e. The summed E-state index contributed by atoms with van der Waals surface area (Å²) in [5.41, 5.74) is 0. The summed E-state index contributed by atoms with van der Waals surface area (Å²) in [5, 5.41) is 9.82. The maximum atomic E-state index is 12.2. The van der Waals surface area contributed by atoms with E-state index in [4.69, 9.17) is 18.5 Å². The SMILES string of the molecule is CCCCC[C@H](O)/C=C/C=C\C/C=C\C/C=C\CCCC(=O)O[C@H](COC(C)=O)COP(=O)([O-])OCC[N+](C)(C)C. The van der Waals surface area contributed by atoms with Crippen LogP contribution in [0.15, 0.2) is 48.6 Å². The van der Waals surface area contributed by atoms with Gasteiger partial charge in [-0.2, -0.15) is 0 Å². The zero-order valence-corrected chi connectivity index (χ0v) is 26.5. The second kappa shape index (κ2) is 23.5. The van der Waals surface area contributed by atoms with Gasteiger partial charge in [0.15, 0.2) is 6.10 Å². The van der Waals surface area contributed by atoms with Crippen molar-refractivity contribution < 1.29 is 47.2 Å². The van der Waals surface area contributed by atoms with Crippen LogP contribution in [-0.2, 0) is 32.7 Å². The topological polar surface area (TPSA) is 131 Å². The van der Waals surface area contributed by atoms with Gasteiger partial charge in [-0.15, -0.1) is 0 Å². The van der Waals surface area contributed by atoms with Crippen molar-refractivity contribution in [3.05, 3.63) is 48.6 Å². The molecule has 11 heteroatoms. The molecule has 0 bridgehead atoms. The number of carbonyl (C=O) groups is 2. The van der Waals surface area contributed by atoms with Crippen LogP contribution in [0.3, 0.4) is 0 Å². The fourth-order valence-corrected chi connectivity index (χ4v) is 3.92. The third-order valence-corrected chi connectivity index (χ3v) is 6.48. The van der Waals surface area contributed by atoms with Crippen molar-refractivity contribution in [2.45, 2.75) is 83.8 Å². The zero-order valence-electron chi connectivity index (χ0n) is 25.6. The van der Waals surface area contributed by atoms with Gasteiger partial charge in [0, 0.05) is 13.3 Å². The van der Waals surface area contributed by atoms with Crippen molar-refractivity contribution in [1.29, 1.82) is 0 Å². The van der Waals surface area contributed by atoms with Gasteiger partial charge in [-0.05, 0) is 32.1 Å². The van der Waals surface area contributed by atoms with Crippen LogP contribution in [0.25, 0.3) is 0 Å². The fraction of sp³-hybridized carbons (Fsp3) is 0.667. The molecule has 0 amide bonds. The minimum absolute atomic E-state index is 0.0539. The van der Waals surface area contributed by atoms with Crippen LogP contribution in [0, 0.1) is 0 Å². The van der Waals surface area contributed by atoms with Gasteiger partial charge in [0.05, 0.1) is 33.9 Å². The quantitative estimate of drug-likeness (QED) is 0.0414. The molecule has 0 radical (unpaired) electrons. The molecule has 0 aliphatic rings. The summed E-state index contributed by atoms with van der Waals surface area (Å²) >= 11 is 0. The van der Waals surface area contributed by atoms with E-state index in [1.807, 2.05) is 57.6 Å². The Balaban J connectivity index is 4.26. The number of esters is 2. The number of unbranched alkanes of at least 4 members (excludes halogenated alkanes) is 3. The third kappa shape index (κ3) is 27.9. The highest BCUT2D eigenvalue weighted by atomic mass is 31.2. The lowest BCUT2D eigenvalue weighted by Gasteiger charge is -2.28. The Bertz CT molecular complexity index is 878. The standard InChI is InChI=1S/C30H52NO9P/c1-6-7-17-20-28(33)21-18-15-13-11-9-8-10-12-14-16-19-22-30(34)40-29(25-37-27(2)32)26-39-41(35,36)38-24-23-31(3,4)5/h8-9,12-15,18,21,28-29,33H,6-7,10-11,16-17,19-20,22-26H2,1-5H3/b9-8-,14-12-,15-13-,21-18+/t28-,29+/m0/s1. The molecule has 0 aliphatic carbocycles. The number of rotatable bonds is 24. The Labute approximate surface area is 246 Å². The monoisotopic (exact) mass is 601 g/mol. The van der Waals surface area contributed by atoms with Crippen molar-refractivity contribution in [2.24, 2.45) is 0 Å². The first-order chi connectivity index (χ1) is 19.3. The van der Waals surface area contributed by atoms with Crippen molar-refractivity contribution in [1.82, 2.24) is 0 Å². The Morgan fingerprint density at radius 3 is 2.29 bits per heavy atom. The number of phosphoric acid groups is 1. The second-order valence-corrected chi connectivity index (χ2v) is 12.1. The molecule has 236 valence electrons. The minimum atomic E-state index is -4.60. The number of aliphatic hydroxyl groups excluding tert-OH is 1. The molecule has 0 aromatic heterocycles. The minimum Gasteiger partial charge on any atom is -0.756 e.